The van der Waals surface area contributed by atoms with Crippen molar-refractivity contribution in [2.24, 2.45) is 5.73 Å². The molecule has 0 saturated heterocycles. The lowest BCUT2D eigenvalue weighted by atomic mass is 10.1. The fraction of sp³-hybridized carbons (Fsp3) is 0.278. The summed E-state index contributed by atoms with van der Waals surface area (Å²) in [5, 5.41) is 3.11. The SMILES string of the molecule is Cc1ccc(C(=O)NCC(C)(C)N)cc1S(=O)(=O)Nc1cccc(Cl)c1.Cl. The Bertz CT molecular complexity index is 926. The first-order valence-electron chi connectivity index (χ1n) is 7.94. The Kier molecular flexibility index (Phi) is 7.68. The van der Waals surface area contributed by atoms with Gasteiger partial charge < -0.3 is 11.1 Å². The van der Waals surface area contributed by atoms with Crippen LogP contribution in [0.15, 0.2) is 47.4 Å². The van der Waals surface area contributed by atoms with Gasteiger partial charge in [0.15, 0.2) is 0 Å². The van der Waals surface area contributed by atoms with Crippen molar-refractivity contribution in [3.8, 4) is 0 Å². The Labute approximate surface area is 170 Å². The number of anilines is 1. The standard InChI is InChI=1S/C18H22ClN3O3S.ClH/c1-12-7-8-13(17(23)21-11-18(2,3)20)9-16(12)26(24,25)22-15-6-4-5-14(19)10-15;/h4-10,22H,11,20H2,1-3H3,(H,21,23);1H. The van der Waals surface area contributed by atoms with E-state index in [0.717, 1.165) is 0 Å². The molecule has 0 spiro atoms. The molecule has 27 heavy (non-hydrogen) atoms. The molecule has 2 aromatic carbocycles. The summed E-state index contributed by atoms with van der Waals surface area (Å²) in [6.45, 7) is 5.50. The van der Waals surface area contributed by atoms with E-state index < -0.39 is 15.6 Å². The van der Waals surface area contributed by atoms with Gasteiger partial charge in [-0.1, -0.05) is 23.7 Å². The molecule has 2 rings (SSSR count). The zero-order valence-corrected chi connectivity index (χ0v) is 17.6. The highest BCUT2D eigenvalue weighted by molar-refractivity contribution is 7.92. The number of nitrogens with one attached hydrogen (secondary N) is 2. The number of hydrogen-bond acceptors (Lipinski definition) is 4. The Balaban J connectivity index is 0.00000364. The fourth-order valence-electron chi connectivity index (χ4n) is 2.20. The lowest BCUT2D eigenvalue weighted by Gasteiger charge is -2.19. The molecule has 4 N–H and O–H groups in total. The van der Waals surface area contributed by atoms with Crippen LogP contribution in [0.3, 0.4) is 0 Å². The van der Waals surface area contributed by atoms with Crippen LogP contribution < -0.4 is 15.8 Å². The van der Waals surface area contributed by atoms with E-state index in [9.17, 15) is 13.2 Å². The zero-order chi connectivity index (χ0) is 19.5. The second-order valence-electron chi connectivity index (χ2n) is 6.77. The Morgan fingerprint density at radius 2 is 1.85 bits per heavy atom. The fourth-order valence-corrected chi connectivity index (χ4v) is 3.71. The molecular weight excluding hydrogens is 409 g/mol. The van der Waals surface area contributed by atoms with Gasteiger partial charge >= 0.3 is 0 Å². The van der Waals surface area contributed by atoms with Crippen molar-refractivity contribution in [1.82, 2.24) is 5.32 Å². The van der Waals surface area contributed by atoms with E-state index in [0.29, 0.717) is 16.3 Å². The van der Waals surface area contributed by atoms with Crippen molar-refractivity contribution >= 4 is 45.6 Å². The van der Waals surface area contributed by atoms with Crippen molar-refractivity contribution in [2.45, 2.75) is 31.2 Å². The van der Waals surface area contributed by atoms with Gasteiger partial charge in [0.05, 0.1) is 10.6 Å². The average molecular weight is 432 g/mol. The Morgan fingerprint density at radius 1 is 1.19 bits per heavy atom. The Morgan fingerprint density at radius 3 is 2.44 bits per heavy atom. The number of sulfonamides is 1. The first-order chi connectivity index (χ1) is 12.0. The number of carbonyl (C=O) groups excluding carboxylic acids is 1. The molecule has 0 atom stereocenters. The third kappa shape index (κ3) is 6.70. The summed E-state index contributed by atoms with van der Waals surface area (Å²) in [6, 6.07) is 10.9. The van der Waals surface area contributed by atoms with Crippen LogP contribution in [0.4, 0.5) is 5.69 Å². The van der Waals surface area contributed by atoms with Crippen LogP contribution in [0.2, 0.25) is 5.02 Å². The maximum absolute atomic E-state index is 12.7. The highest BCUT2D eigenvalue weighted by Crippen LogP contribution is 2.22. The molecule has 0 saturated carbocycles. The molecule has 0 radical (unpaired) electrons. The molecule has 0 heterocycles. The topological polar surface area (TPSA) is 101 Å². The number of nitrogens with two attached hydrogens (primary N) is 1. The minimum atomic E-state index is -3.87. The lowest BCUT2D eigenvalue weighted by molar-refractivity contribution is 0.0946. The van der Waals surface area contributed by atoms with E-state index in [1.165, 1.54) is 12.1 Å². The number of rotatable bonds is 6. The second kappa shape index (κ2) is 8.93. The van der Waals surface area contributed by atoms with Gasteiger partial charge in [-0.3, -0.25) is 9.52 Å². The molecule has 0 aliphatic heterocycles. The van der Waals surface area contributed by atoms with Crippen LogP contribution in [0.25, 0.3) is 0 Å². The number of carbonyl (C=O) groups is 1. The van der Waals surface area contributed by atoms with Gasteiger partial charge in [0.25, 0.3) is 15.9 Å². The summed E-state index contributed by atoms with van der Waals surface area (Å²) in [5.41, 5.74) is 6.40. The first-order valence-corrected chi connectivity index (χ1v) is 9.80. The number of halogens is 2. The largest absolute Gasteiger partial charge is 0.350 e. The molecule has 1 amide bonds. The molecule has 2 aromatic rings. The molecule has 0 bridgehead atoms. The second-order valence-corrected chi connectivity index (χ2v) is 8.85. The maximum atomic E-state index is 12.7. The van der Waals surface area contributed by atoms with E-state index in [2.05, 4.69) is 10.0 Å². The molecule has 0 fully saturated rings. The zero-order valence-electron chi connectivity index (χ0n) is 15.2. The molecule has 148 valence electrons. The average Bonchev–Trinajstić information content (AvgIpc) is 2.51. The van der Waals surface area contributed by atoms with Gasteiger partial charge in [-0.2, -0.15) is 0 Å². The third-order valence-corrected chi connectivity index (χ3v) is 5.28. The van der Waals surface area contributed by atoms with Crippen molar-refractivity contribution in [3.63, 3.8) is 0 Å². The van der Waals surface area contributed by atoms with Gasteiger partial charge in [-0.25, -0.2) is 8.42 Å². The molecule has 0 aromatic heterocycles. The first kappa shape index (κ1) is 23.2. The number of aryl methyl sites for hydroxylation is 1. The van der Waals surface area contributed by atoms with Crippen LogP contribution in [-0.2, 0) is 10.0 Å². The maximum Gasteiger partial charge on any atom is 0.262 e. The van der Waals surface area contributed by atoms with Crippen molar-refractivity contribution < 1.29 is 13.2 Å². The van der Waals surface area contributed by atoms with Crippen LogP contribution in [0.5, 0.6) is 0 Å². The van der Waals surface area contributed by atoms with Crippen molar-refractivity contribution in [1.29, 1.82) is 0 Å². The number of benzene rings is 2. The predicted molar refractivity (Wildman–Crippen MR) is 111 cm³/mol. The molecule has 9 heteroatoms. The van der Waals surface area contributed by atoms with Gasteiger partial charge in [-0.15, -0.1) is 12.4 Å². The molecule has 0 unspecified atom stereocenters. The number of hydrogen-bond donors (Lipinski definition) is 3. The molecule has 6 nitrogen and oxygen atoms in total. The highest BCUT2D eigenvalue weighted by Gasteiger charge is 2.20. The highest BCUT2D eigenvalue weighted by atomic mass is 35.5. The number of amides is 1. The van der Waals surface area contributed by atoms with Gasteiger partial charge in [0, 0.05) is 22.7 Å². The van der Waals surface area contributed by atoms with Crippen LogP contribution in [-0.4, -0.2) is 26.4 Å². The summed E-state index contributed by atoms with van der Waals surface area (Å²) in [5.74, 6) is -0.386. The van der Waals surface area contributed by atoms with Gasteiger partial charge in [-0.05, 0) is 56.7 Å². The minimum Gasteiger partial charge on any atom is -0.350 e. The van der Waals surface area contributed by atoms with Crippen molar-refractivity contribution in [3.05, 3.63) is 58.6 Å². The third-order valence-electron chi connectivity index (χ3n) is 3.52. The quantitative estimate of drug-likeness (QED) is 0.652. The molecule has 0 aliphatic carbocycles. The van der Waals surface area contributed by atoms with E-state index in [4.69, 9.17) is 17.3 Å². The predicted octanol–water partition coefficient (Wildman–Crippen LogP) is 3.34. The molecule has 0 aliphatic rings. The monoisotopic (exact) mass is 431 g/mol. The van der Waals surface area contributed by atoms with Crippen LogP contribution >= 0.6 is 24.0 Å². The summed E-state index contributed by atoms with van der Waals surface area (Å²) >= 11 is 5.89. The van der Waals surface area contributed by atoms with Gasteiger partial charge in [0.1, 0.15) is 0 Å². The summed E-state index contributed by atoms with van der Waals surface area (Å²) in [6.07, 6.45) is 0. The van der Waals surface area contributed by atoms with Gasteiger partial charge in [0.2, 0.25) is 0 Å². The van der Waals surface area contributed by atoms with E-state index in [1.54, 1.807) is 51.1 Å². The Hall–Kier alpha value is -1.80. The van der Waals surface area contributed by atoms with Crippen molar-refractivity contribution in [2.75, 3.05) is 11.3 Å². The smallest absolute Gasteiger partial charge is 0.262 e. The van der Waals surface area contributed by atoms with E-state index >= 15 is 0 Å². The van der Waals surface area contributed by atoms with Crippen LogP contribution in [0.1, 0.15) is 29.8 Å². The summed E-state index contributed by atoms with van der Waals surface area (Å²) < 4.78 is 27.9. The van der Waals surface area contributed by atoms with E-state index in [1.807, 2.05) is 0 Å². The normalized spacial score (nSPS) is 11.4. The van der Waals surface area contributed by atoms with Crippen LogP contribution in [0, 0.1) is 6.92 Å². The molecular formula is C18H23Cl2N3O3S. The lowest BCUT2D eigenvalue weighted by Crippen LogP contribution is -2.45. The summed E-state index contributed by atoms with van der Waals surface area (Å²) in [7, 11) is -3.87. The minimum absolute atomic E-state index is 0. The van der Waals surface area contributed by atoms with E-state index in [-0.39, 0.29) is 35.3 Å². The summed E-state index contributed by atoms with van der Waals surface area (Å²) in [4.78, 5) is 12.3.